The van der Waals surface area contributed by atoms with Crippen molar-refractivity contribution in [3.05, 3.63) is 90.5 Å². The summed E-state index contributed by atoms with van der Waals surface area (Å²) in [5, 5.41) is 2.88. The van der Waals surface area contributed by atoms with Gasteiger partial charge in [0.1, 0.15) is 12.4 Å². The second-order valence-corrected chi connectivity index (χ2v) is 7.03. The lowest BCUT2D eigenvalue weighted by Crippen LogP contribution is -2.28. The van der Waals surface area contributed by atoms with E-state index in [4.69, 9.17) is 4.74 Å². The van der Waals surface area contributed by atoms with Gasteiger partial charge in [0, 0.05) is 24.3 Å². The third-order valence-electron chi connectivity index (χ3n) is 4.93. The average molecular weight is 386 g/mol. The molecule has 5 heteroatoms. The Labute approximate surface area is 169 Å². The monoisotopic (exact) mass is 386 g/mol. The molecule has 1 heterocycles. The van der Waals surface area contributed by atoms with Crippen LogP contribution in [-0.2, 0) is 16.2 Å². The summed E-state index contributed by atoms with van der Waals surface area (Å²) in [6, 6.07) is 26.7. The molecule has 5 nitrogen and oxygen atoms in total. The highest BCUT2D eigenvalue weighted by atomic mass is 16.5. The van der Waals surface area contributed by atoms with E-state index in [1.807, 2.05) is 84.9 Å². The normalized spacial score (nSPS) is 15.9. The van der Waals surface area contributed by atoms with Crippen molar-refractivity contribution in [3.8, 4) is 5.75 Å². The average Bonchev–Trinajstić information content (AvgIpc) is 3.16. The van der Waals surface area contributed by atoms with Gasteiger partial charge in [0.05, 0.1) is 5.92 Å². The summed E-state index contributed by atoms with van der Waals surface area (Å²) < 4.78 is 5.79. The predicted molar refractivity (Wildman–Crippen MR) is 113 cm³/mol. The van der Waals surface area contributed by atoms with Crippen LogP contribution in [0.2, 0.25) is 0 Å². The van der Waals surface area contributed by atoms with Gasteiger partial charge in [0.15, 0.2) is 0 Å². The van der Waals surface area contributed by atoms with Crippen LogP contribution in [0.1, 0.15) is 12.0 Å². The first kappa shape index (κ1) is 18.7. The van der Waals surface area contributed by atoms with Crippen LogP contribution in [0.4, 0.5) is 11.4 Å². The van der Waals surface area contributed by atoms with Crippen molar-refractivity contribution in [2.45, 2.75) is 13.0 Å². The van der Waals surface area contributed by atoms with Gasteiger partial charge in [0.2, 0.25) is 11.8 Å². The maximum atomic E-state index is 12.5. The molecule has 1 fully saturated rings. The third-order valence-corrected chi connectivity index (χ3v) is 4.93. The van der Waals surface area contributed by atoms with Crippen molar-refractivity contribution < 1.29 is 14.3 Å². The zero-order valence-corrected chi connectivity index (χ0v) is 16.0. The lowest BCUT2D eigenvalue weighted by molar-refractivity contribution is -0.122. The third kappa shape index (κ3) is 4.63. The molecule has 1 aliphatic rings. The van der Waals surface area contributed by atoms with E-state index in [1.54, 1.807) is 4.90 Å². The summed E-state index contributed by atoms with van der Waals surface area (Å²) >= 11 is 0. The molecule has 0 radical (unpaired) electrons. The van der Waals surface area contributed by atoms with Crippen LogP contribution in [0, 0.1) is 5.92 Å². The second-order valence-electron chi connectivity index (χ2n) is 7.03. The zero-order chi connectivity index (χ0) is 20.1. The second kappa shape index (κ2) is 8.61. The van der Waals surface area contributed by atoms with Gasteiger partial charge < -0.3 is 15.0 Å². The highest BCUT2D eigenvalue weighted by Crippen LogP contribution is 2.28. The van der Waals surface area contributed by atoms with Gasteiger partial charge in [-0.2, -0.15) is 0 Å². The van der Waals surface area contributed by atoms with E-state index in [2.05, 4.69) is 5.32 Å². The van der Waals surface area contributed by atoms with Gasteiger partial charge in [0.25, 0.3) is 0 Å². The maximum Gasteiger partial charge on any atom is 0.229 e. The molecule has 0 spiro atoms. The molecule has 0 bridgehead atoms. The van der Waals surface area contributed by atoms with E-state index in [1.165, 1.54) is 0 Å². The minimum absolute atomic E-state index is 0.0452. The molecule has 3 aromatic carbocycles. The summed E-state index contributed by atoms with van der Waals surface area (Å²) in [5.41, 5.74) is 2.61. The Kier molecular flexibility index (Phi) is 5.56. The highest BCUT2D eigenvalue weighted by molar-refractivity contribution is 6.03. The van der Waals surface area contributed by atoms with Gasteiger partial charge >= 0.3 is 0 Å². The van der Waals surface area contributed by atoms with Crippen LogP contribution in [-0.4, -0.2) is 18.4 Å². The summed E-state index contributed by atoms with van der Waals surface area (Å²) in [4.78, 5) is 26.6. The van der Waals surface area contributed by atoms with E-state index in [9.17, 15) is 9.59 Å². The maximum absolute atomic E-state index is 12.5. The fraction of sp³-hybridized carbons (Fsp3) is 0.167. The molecule has 146 valence electrons. The van der Waals surface area contributed by atoms with Crippen LogP contribution in [0.3, 0.4) is 0 Å². The summed E-state index contributed by atoms with van der Waals surface area (Å²) in [6.07, 6.45) is 0.213. The van der Waals surface area contributed by atoms with Gasteiger partial charge in [-0.05, 0) is 42.0 Å². The largest absolute Gasteiger partial charge is 0.489 e. The van der Waals surface area contributed by atoms with Crippen molar-refractivity contribution in [2.75, 3.05) is 16.8 Å². The number of benzene rings is 3. The first-order valence-electron chi connectivity index (χ1n) is 9.62. The summed E-state index contributed by atoms with van der Waals surface area (Å²) in [6.45, 7) is 0.867. The number of rotatable bonds is 6. The Morgan fingerprint density at radius 2 is 1.59 bits per heavy atom. The van der Waals surface area contributed by atoms with Crippen molar-refractivity contribution >= 4 is 23.2 Å². The van der Waals surface area contributed by atoms with Crippen LogP contribution < -0.4 is 15.0 Å². The zero-order valence-electron chi connectivity index (χ0n) is 16.0. The number of amides is 2. The quantitative estimate of drug-likeness (QED) is 0.689. The number of carbonyl (C=O) groups excluding carboxylic acids is 2. The van der Waals surface area contributed by atoms with Crippen LogP contribution >= 0.6 is 0 Å². The van der Waals surface area contributed by atoms with Gasteiger partial charge in [-0.3, -0.25) is 9.59 Å². The van der Waals surface area contributed by atoms with Crippen molar-refractivity contribution in [1.29, 1.82) is 0 Å². The number of carbonyl (C=O) groups is 2. The number of para-hydroxylation sites is 1. The molecule has 1 aliphatic heterocycles. The van der Waals surface area contributed by atoms with Gasteiger partial charge in [-0.1, -0.05) is 48.5 Å². The lowest BCUT2D eigenvalue weighted by Gasteiger charge is -2.17. The first-order valence-corrected chi connectivity index (χ1v) is 9.62. The molecular weight excluding hydrogens is 364 g/mol. The van der Waals surface area contributed by atoms with Gasteiger partial charge in [-0.25, -0.2) is 0 Å². The molecule has 0 aliphatic carbocycles. The minimum Gasteiger partial charge on any atom is -0.489 e. The van der Waals surface area contributed by atoms with Crippen LogP contribution in [0.15, 0.2) is 84.9 Å². The number of hydrogen-bond donors (Lipinski definition) is 1. The highest BCUT2D eigenvalue weighted by Gasteiger charge is 2.35. The van der Waals surface area contributed by atoms with E-state index >= 15 is 0 Å². The van der Waals surface area contributed by atoms with E-state index in [-0.39, 0.29) is 24.2 Å². The fourth-order valence-corrected chi connectivity index (χ4v) is 3.36. The molecule has 1 atom stereocenters. The van der Waals surface area contributed by atoms with Gasteiger partial charge in [-0.15, -0.1) is 0 Å². The van der Waals surface area contributed by atoms with Crippen LogP contribution in [0.25, 0.3) is 0 Å². The Bertz CT molecular complexity index is 972. The summed E-state index contributed by atoms with van der Waals surface area (Å²) in [5.74, 6) is 0.199. The van der Waals surface area contributed by atoms with Crippen molar-refractivity contribution in [1.82, 2.24) is 0 Å². The molecule has 0 aromatic heterocycles. The topological polar surface area (TPSA) is 58.6 Å². The number of nitrogens with one attached hydrogen (secondary N) is 1. The molecular formula is C24H22N2O3. The number of nitrogens with zero attached hydrogens (tertiary/aromatic N) is 1. The fourth-order valence-electron chi connectivity index (χ4n) is 3.36. The molecule has 29 heavy (non-hydrogen) atoms. The van der Waals surface area contributed by atoms with Crippen molar-refractivity contribution in [3.63, 3.8) is 0 Å². The molecule has 2 amide bonds. The van der Waals surface area contributed by atoms with E-state index in [0.717, 1.165) is 22.7 Å². The molecule has 0 saturated carbocycles. The number of anilines is 2. The molecule has 4 rings (SSSR count). The Morgan fingerprint density at radius 1 is 0.931 bits per heavy atom. The molecule has 1 N–H and O–H groups in total. The van der Waals surface area contributed by atoms with E-state index < -0.39 is 0 Å². The van der Waals surface area contributed by atoms with E-state index in [0.29, 0.717) is 13.2 Å². The SMILES string of the molecule is O=C(Nc1ccccc1)[C@@H]1CC(=O)N(c2ccc(OCc3ccccc3)cc2)C1. The molecule has 1 saturated heterocycles. The van der Waals surface area contributed by atoms with Crippen molar-refractivity contribution in [2.24, 2.45) is 5.92 Å². The first-order chi connectivity index (χ1) is 14.2. The Morgan fingerprint density at radius 3 is 2.28 bits per heavy atom. The predicted octanol–water partition coefficient (Wildman–Crippen LogP) is 4.26. The number of hydrogen-bond acceptors (Lipinski definition) is 3. The number of ether oxygens (including phenoxy) is 1. The smallest absolute Gasteiger partial charge is 0.229 e. The summed E-state index contributed by atoms with van der Waals surface area (Å²) in [7, 11) is 0. The molecule has 3 aromatic rings. The Hall–Kier alpha value is -3.60. The Balaban J connectivity index is 1.36. The lowest BCUT2D eigenvalue weighted by atomic mass is 10.1. The standard InChI is InChI=1S/C24H22N2O3/c27-23-15-19(24(28)25-20-9-5-2-6-10-20)16-26(23)21-11-13-22(14-12-21)29-17-18-7-3-1-4-8-18/h1-14,19H,15-17H2,(H,25,28)/t19-/m1/s1. The minimum atomic E-state index is -0.364. The van der Waals surface area contributed by atoms with Crippen LogP contribution in [0.5, 0.6) is 5.75 Å². The molecule has 0 unspecified atom stereocenters.